The molecule has 0 bridgehead atoms. The van der Waals surface area contributed by atoms with E-state index < -0.39 is 5.92 Å². The normalized spacial score (nSPS) is 11.9. The standard InChI is InChI=1S/C14H9Cl3N2/c15-9-3-1-8(2-4-9)11(7-18)14-12(16)5-10(19)6-13(14)17/h1-6,11H,19H2. The van der Waals surface area contributed by atoms with Gasteiger partial charge in [-0.15, -0.1) is 0 Å². The molecule has 2 rings (SSSR count). The summed E-state index contributed by atoms with van der Waals surface area (Å²) in [5.41, 5.74) is 7.46. The Balaban J connectivity index is 2.55. The van der Waals surface area contributed by atoms with Crippen LogP contribution in [-0.4, -0.2) is 0 Å². The number of nitrogen functional groups attached to an aromatic ring is 1. The lowest BCUT2D eigenvalue weighted by Crippen LogP contribution is -2.01. The fourth-order valence-corrected chi connectivity index (χ4v) is 2.69. The van der Waals surface area contributed by atoms with Crippen LogP contribution >= 0.6 is 34.8 Å². The number of nitrogens with two attached hydrogens (primary N) is 1. The van der Waals surface area contributed by atoms with Gasteiger partial charge in [0.15, 0.2) is 0 Å². The van der Waals surface area contributed by atoms with Gasteiger partial charge in [-0.05, 0) is 29.8 Å². The Morgan fingerprint density at radius 1 is 1.00 bits per heavy atom. The van der Waals surface area contributed by atoms with E-state index in [4.69, 9.17) is 40.5 Å². The fraction of sp³-hybridized carbons (Fsp3) is 0.0714. The van der Waals surface area contributed by atoms with Crippen molar-refractivity contribution in [2.75, 3.05) is 5.73 Å². The summed E-state index contributed by atoms with van der Waals surface area (Å²) in [6.45, 7) is 0. The van der Waals surface area contributed by atoms with Crippen LogP contribution in [0.3, 0.4) is 0 Å². The molecule has 2 N–H and O–H groups in total. The van der Waals surface area contributed by atoms with Crippen molar-refractivity contribution in [1.82, 2.24) is 0 Å². The maximum Gasteiger partial charge on any atom is 0.0991 e. The number of nitriles is 1. The van der Waals surface area contributed by atoms with Gasteiger partial charge in [0.2, 0.25) is 0 Å². The zero-order valence-electron chi connectivity index (χ0n) is 9.70. The van der Waals surface area contributed by atoms with Crippen molar-refractivity contribution in [2.45, 2.75) is 5.92 Å². The molecule has 0 radical (unpaired) electrons. The zero-order chi connectivity index (χ0) is 14.0. The summed E-state index contributed by atoms with van der Waals surface area (Å²) in [5, 5.41) is 10.8. The molecule has 1 unspecified atom stereocenters. The molecular formula is C14H9Cl3N2. The van der Waals surface area contributed by atoms with Crippen LogP contribution in [0.4, 0.5) is 5.69 Å². The van der Waals surface area contributed by atoms with E-state index in [1.165, 1.54) is 0 Å². The molecule has 2 nitrogen and oxygen atoms in total. The first kappa shape index (κ1) is 14.0. The predicted octanol–water partition coefficient (Wildman–Crippen LogP) is 4.88. The molecule has 2 aromatic carbocycles. The summed E-state index contributed by atoms with van der Waals surface area (Å²) in [6, 6.07) is 12.4. The molecule has 0 aliphatic heterocycles. The van der Waals surface area contributed by atoms with Gasteiger partial charge in [-0.3, -0.25) is 0 Å². The van der Waals surface area contributed by atoms with Crippen molar-refractivity contribution in [1.29, 1.82) is 5.26 Å². The van der Waals surface area contributed by atoms with Gasteiger partial charge in [0.05, 0.1) is 12.0 Å². The summed E-state index contributed by atoms with van der Waals surface area (Å²) >= 11 is 18.1. The second-order valence-corrected chi connectivity index (χ2v) is 5.26. The second-order valence-electron chi connectivity index (χ2n) is 4.01. The first-order chi connectivity index (χ1) is 9.02. The molecule has 0 aliphatic carbocycles. The van der Waals surface area contributed by atoms with E-state index in [1.807, 2.05) is 0 Å². The molecular weight excluding hydrogens is 303 g/mol. The Hall–Kier alpha value is -1.40. The van der Waals surface area contributed by atoms with Gasteiger partial charge in [0, 0.05) is 26.3 Å². The molecule has 19 heavy (non-hydrogen) atoms. The number of hydrogen-bond donors (Lipinski definition) is 1. The second kappa shape index (κ2) is 5.71. The van der Waals surface area contributed by atoms with Crippen LogP contribution in [0.2, 0.25) is 15.1 Å². The van der Waals surface area contributed by atoms with Gasteiger partial charge in [-0.2, -0.15) is 5.26 Å². The van der Waals surface area contributed by atoms with Crippen molar-refractivity contribution >= 4 is 40.5 Å². The van der Waals surface area contributed by atoms with Crippen LogP contribution in [0.1, 0.15) is 17.0 Å². The maximum absolute atomic E-state index is 9.39. The molecule has 0 heterocycles. The van der Waals surface area contributed by atoms with Crippen LogP contribution in [0.15, 0.2) is 36.4 Å². The Kier molecular flexibility index (Phi) is 4.21. The minimum Gasteiger partial charge on any atom is -0.399 e. The third-order valence-electron chi connectivity index (χ3n) is 2.72. The number of nitrogens with zero attached hydrogens (tertiary/aromatic N) is 1. The maximum atomic E-state index is 9.39. The van der Waals surface area contributed by atoms with Crippen molar-refractivity contribution in [3.8, 4) is 6.07 Å². The van der Waals surface area contributed by atoms with Gasteiger partial charge in [0.1, 0.15) is 0 Å². The lowest BCUT2D eigenvalue weighted by atomic mass is 9.92. The van der Waals surface area contributed by atoms with E-state index in [-0.39, 0.29) is 0 Å². The Labute approximate surface area is 126 Å². The van der Waals surface area contributed by atoms with Crippen LogP contribution < -0.4 is 5.73 Å². The van der Waals surface area contributed by atoms with E-state index >= 15 is 0 Å². The fourth-order valence-electron chi connectivity index (χ4n) is 1.84. The number of anilines is 1. The summed E-state index contributed by atoms with van der Waals surface area (Å²) in [7, 11) is 0. The van der Waals surface area contributed by atoms with Crippen LogP contribution in [0.5, 0.6) is 0 Å². The molecule has 0 spiro atoms. The highest BCUT2D eigenvalue weighted by Crippen LogP contribution is 2.37. The van der Waals surface area contributed by atoms with E-state index in [9.17, 15) is 5.26 Å². The van der Waals surface area contributed by atoms with Crippen LogP contribution in [0, 0.1) is 11.3 Å². The molecule has 0 amide bonds. The van der Waals surface area contributed by atoms with Crippen molar-refractivity contribution < 1.29 is 0 Å². The first-order valence-electron chi connectivity index (χ1n) is 5.42. The van der Waals surface area contributed by atoms with Gasteiger partial charge < -0.3 is 5.73 Å². The van der Waals surface area contributed by atoms with Gasteiger partial charge in [0.25, 0.3) is 0 Å². The molecule has 0 fully saturated rings. The smallest absolute Gasteiger partial charge is 0.0991 e. The average molecular weight is 312 g/mol. The average Bonchev–Trinajstić information content (AvgIpc) is 2.35. The Bertz CT molecular complexity index is 622. The van der Waals surface area contributed by atoms with E-state index in [0.29, 0.717) is 26.3 Å². The third-order valence-corrected chi connectivity index (χ3v) is 3.60. The highest BCUT2D eigenvalue weighted by Gasteiger charge is 2.20. The van der Waals surface area contributed by atoms with Gasteiger partial charge in [-0.25, -0.2) is 0 Å². The molecule has 0 aliphatic rings. The zero-order valence-corrected chi connectivity index (χ0v) is 12.0. The molecule has 96 valence electrons. The number of hydrogen-bond acceptors (Lipinski definition) is 2. The van der Waals surface area contributed by atoms with Crippen molar-refractivity contribution in [2.24, 2.45) is 0 Å². The Morgan fingerprint density at radius 3 is 2.00 bits per heavy atom. The van der Waals surface area contributed by atoms with E-state index in [2.05, 4.69) is 6.07 Å². The third kappa shape index (κ3) is 2.96. The lowest BCUT2D eigenvalue weighted by Gasteiger charge is -2.14. The van der Waals surface area contributed by atoms with E-state index in [0.717, 1.165) is 5.56 Å². The number of benzene rings is 2. The quantitative estimate of drug-likeness (QED) is 0.803. The van der Waals surface area contributed by atoms with Crippen LogP contribution in [-0.2, 0) is 0 Å². The monoisotopic (exact) mass is 310 g/mol. The van der Waals surface area contributed by atoms with E-state index in [1.54, 1.807) is 36.4 Å². The minimum absolute atomic E-state index is 0.381. The molecule has 0 saturated heterocycles. The first-order valence-corrected chi connectivity index (χ1v) is 6.56. The highest BCUT2D eigenvalue weighted by atomic mass is 35.5. The Morgan fingerprint density at radius 2 is 1.53 bits per heavy atom. The largest absolute Gasteiger partial charge is 0.399 e. The van der Waals surface area contributed by atoms with Crippen LogP contribution in [0.25, 0.3) is 0 Å². The molecule has 0 saturated carbocycles. The summed E-state index contributed by atoms with van der Waals surface area (Å²) in [4.78, 5) is 0. The minimum atomic E-state index is -0.558. The summed E-state index contributed by atoms with van der Waals surface area (Å²) in [6.07, 6.45) is 0. The highest BCUT2D eigenvalue weighted by molar-refractivity contribution is 6.36. The molecule has 1 atom stereocenters. The topological polar surface area (TPSA) is 49.8 Å². The van der Waals surface area contributed by atoms with Gasteiger partial charge >= 0.3 is 0 Å². The summed E-state index contributed by atoms with van der Waals surface area (Å²) in [5.74, 6) is -0.558. The SMILES string of the molecule is N#CC(c1ccc(Cl)cc1)c1c(Cl)cc(N)cc1Cl. The molecule has 0 aromatic heterocycles. The lowest BCUT2D eigenvalue weighted by molar-refractivity contribution is 1.04. The summed E-state index contributed by atoms with van der Waals surface area (Å²) < 4.78 is 0. The molecule has 2 aromatic rings. The predicted molar refractivity (Wildman–Crippen MR) is 79.8 cm³/mol. The van der Waals surface area contributed by atoms with Crippen molar-refractivity contribution in [3.63, 3.8) is 0 Å². The van der Waals surface area contributed by atoms with Crippen molar-refractivity contribution in [3.05, 3.63) is 62.6 Å². The number of halogens is 3. The van der Waals surface area contributed by atoms with Gasteiger partial charge in [-0.1, -0.05) is 46.9 Å². The number of rotatable bonds is 2. The molecule has 5 heteroatoms.